The molecule has 0 saturated carbocycles. The molecule has 8 heteroatoms. The zero-order chi connectivity index (χ0) is 19.4. The Labute approximate surface area is 162 Å². The zero-order valence-corrected chi connectivity index (χ0v) is 16.8. The number of sulfonamides is 1. The molecule has 0 aliphatic heterocycles. The van der Waals surface area contributed by atoms with E-state index in [9.17, 15) is 13.2 Å². The van der Waals surface area contributed by atoms with Crippen LogP contribution in [0.2, 0.25) is 0 Å². The number of aromatic nitrogens is 2. The maximum absolute atomic E-state index is 13.1. The highest BCUT2D eigenvalue weighted by atomic mass is 32.2. The summed E-state index contributed by atoms with van der Waals surface area (Å²) in [7, 11) is -3.24. The molecule has 1 heterocycles. The first-order valence-electron chi connectivity index (χ1n) is 8.60. The quantitative estimate of drug-likeness (QED) is 0.373. The summed E-state index contributed by atoms with van der Waals surface area (Å²) in [5.41, 5.74) is 2.33. The first kappa shape index (κ1) is 19.6. The third kappa shape index (κ3) is 4.58. The second-order valence-electron chi connectivity index (χ2n) is 6.03. The highest BCUT2D eigenvalue weighted by molar-refractivity contribution is 7.99. The summed E-state index contributed by atoms with van der Waals surface area (Å²) >= 11 is 1.35. The first-order valence-corrected chi connectivity index (χ1v) is 11.2. The molecule has 0 saturated heterocycles. The fourth-order valence-corrected chi connectivity index (χ4v) is 4.19. The summed E-state index contributed by atoms with van der Waals surface area (Å²) in [5, 5.41) is 1.09. The number of hydrogen-bond acceptors (Lipinski definition) is 5. The molecule has 2 aromatic carbocycles. The van der Waals surface area contributed by atoms with Crippen LogP contribution in [0.5, 0.6) is 0 Å². The maximum Gasteiger partial charge on any atom is 0.266 e. The van der Waals surface area contributed by atoms with Crippen molar-refractivity contribution in [3.8, 4) is 5.69 Å². The largest absolute Gasteiger partial charge is 0.268 e. The van der Waals surface area contributed by atoms with Crippen LogP contribution in [0.4, 0.5) is 0 Å². The number of nitrogens with one attached hydrogen (secondary N) is 1. The van der Waals surface area contributed by atoms with Gasteiger partial charge in [0, 0.05) is 12.3 Å². The molecule has 0 amide bonds. The predicted molar refractivity (Wildman–Crippen MR) is 110 cm³/mol. The summed E-state index contributed by atoms with van der Waals surface area (Å²) in [6.07, 6.45) is 0. The fraction of sp³-hybridized carbons (Fsp3) is 0.263. The van der Waals surface area contributed by atoms with Crippen LogP contribution in [0, 0.1) is 6.92 Å². The predicted octanol–water partition coefficient (Wildman–Crippen LogP) is 2.73. The van der Waals surface area contributed by atoms with Gasteiger partial charge in [0.1, 0.15) is 0 Å². The molecule has 3 rings (SSSR count). The molecule has 27 heavy (non-hydrogen) atoms. The van der Waals surface area contributed by atoms with Gasteiger partial charge in [-0.3, -0.25) is 9.36 Å². The summed E-state index contributed by atoms with van der Waals surface area (Å²) in [6, 6.07) is 14.9. The average Bonchev–Trinajstić information content (AvgIpc) is 2.66. The molecule has 142 valence electrons. The topological polar surface area (TPSA) is 81.1 Å². The van der Waals surface area contributed by atoms with E-state index in [0.717, 1.165) is 11.3 Å². The molecule has 1 aromatic heterocycles. The molecular weight excluding hydrogens is 382 g/mol. The van der Waals surface area contributed by atoms with E-state index in [1.165, 1.54) is 11.8 Å². The van der Waals surface area contributed by atoms with Gasteiger partial charge in [0.2, 0.25) is 10.0 Å². The lowest BCUT2D eigenvalue weighted by molar-refractivity contribution is 0.585. The number of hydrogen-bond donors (Lipinski definition) is 1. The van der Waals surface area contributed by atoms with Gasteiger partial charge in [-0.05, 0) is 38.1 Å². The number of benzene rings is 2. The Morgan fingerprint density at radius 2 is 1.81 bits per heavy atom. The van der Waals surface area contributed by atoms with E-state index in [2.05, 4.69) is 9.71 Å². The molecule has 0 fully saturated rings. The van der Waals surface area contributed by atoms with Crippen molar-refractivity contribution in [2.45, 2.75) is 19.0 Å². The molecule has 0 atom stereocenters. The van der Waals surface area contributed by atoms with Gasteiger partial charge in [-0.1, -0.05) is 41.6 Å². The van der Waals surface area contributed by atoms with Crippen LogP contribution in [0.1, 0.15) is 12.5 Å². The fourth-order valence-electron chi connectivity index (χ4n) is 2.57. The Balaban J connectivity index is 1.98. The molecule has 0 aliphatic rings. The van der Waals surface area contributed by atoms with Gasteiger partial charge >= 0.3 is 0 Å². The van der Waals surface area contributed by atoms with Gasteiger partial charge in [0.15, 0.2) is 5.16 Å². The normalized spacial score (nSPS) is 11.8. The van der Waals surface area contributed by atoms with Gasteiger partial charge < -0.3 is 0 Å². The van der Waals surface area contributed by atoms with Gasteiger partial charge in [-0.15, -0.1) is 0 Å². The third-order valence-electron chi connectivity index (χ3n) is 4.07. The number of fused-ring (bicyclic) bond motifs is 1. The minimum absolute atomic E-state index is 0.0416. The standard InChI is InChI=1S/C19H21N3O3S2/c1-3-27(24,25)20-12-13-26-19-21-17-7-5-4-6-16(17)18(23)22(19)15-10-8-14(2)9-11-15/h4-11,20H,3,12-13H2,1-2H3. The van der Waals surface area contributed by atoms with Crippen LogP contribution in [0.3, 0.4) is 0 Å². The molecule has 1 N–H and O–H groups in total. The van der Waals surface area contributed by atoms with Gasteiger partial charge in [-0.2, -0.15) is 0 Å². The summed E-state index contributed by atoms with van der Waals surface area (Å²) < 4.78 is 27.3. The SMILES string of the molecule is CCS(=O)(=O)NCCSc1nc2ccccc2c(=O)n1-c1ccc(C)cc1. The van der Waals surface area contributed by atoms with Crippen LogP contribution in [0.15, 0.2) is 58.5 Å². The van der Waals surface area contributed by atoms with Crippen molar-refractivity contribution < 1.29 is 8.42 Å². The van der Waals surface area contributed by atoms with Crippen molar-refractivity contribution in [3.05, 3.63) is 64.4 Å². The minimum Gasteiger partial charge on any atom is -0.268 e. The van der Waals surface area contributed by atoms with Crippen LogP contribution >= 0.6 is 11.8 Å². The van der Waals surface area contributed by atoms with Gasteiger partial charge in [0.05, 0.1) is 22.3 Å². The van der Waals surface area contributed by atoms with E-state index in [1.807, 2.05) is 43.3 Å². The van der Waals surface area contributed by atoms with Crippen molar-refractivity contribution in [1.82, 2.24) is 14.3 Å². The Morgan fingerprint density at radius 1 is 1.11 bits per heavy atom. The Hall–Kier alpha value is -2.16. The zero-order valence-electron chi connectivity index (χ0n) is 15.2. The molecule has 0 bridgehead atoms. The van der Waals surface area contributed by atoms with E-state index in [1.54, 1.807) is 23.6 Å². The number of aryl methyl sites for hydroxylation is 1. The highest BCUT2D eigenvalue weighted by Gasteiger charge is 2.13. The van der Waals surface area contributed by atoms with E-state index >= 15 is 0 Å². The number of nitrogens with zero attached hydrogens (tertiary/aromatic N) is 2. The summed E-state index contributed by atoms with van der Waals surface area (Å²) in [5.74, 6) is 0.510. The van der Waals surface area contributed by atoms with Crippen molar-refractivity contribution >= 4 is 32.7 Å². The van der Waals surface area contributed by atoms with E-state index in [0.29, 0.717) is 21.8 Å². The summed E-state index contributed by atoms with van der Waals surface area (Å²) in [6.45, 7) is 3.85. The van der Waals surface area contributed by atoms with Crippen LogP contribution in [0.25, 0.3) is 16.6 Å². The second-order valence-corrected chi connectivity index (χ2v) is 9.19. The van der Waals surface area contributed by atoms with Gasteiger partial charge in [0.25, 0.3) is 5.56 Å². The number of para-hydroxylation sites is 1. The molecule has 0 unspecified atom stereocenters. The lowest BCUT2D eigenvalue weighted by Crippen LogP contribution is -2.28. The maximum atomic E-state index is 13.1. The van der Waals surface area contributed by atoms with Crippen molar-refractivity contribution in [3.63, 3.8) is 0 Å². The van der Waals surface area contributed by atoms with Crippen molar-refractivity contribution in [2.75, 3.05) is 18.1 Å². The number of rotatable bonds is 7. The molecule has 0 spiro atoms. The Morgan fingerprint density at radius 3 is 2.52 bits per heavy atom. The molecule has 0 aliphatic carbocycles. The summed E-state index contributed by atoms with van der Waals surface area (Å²) in [4.78, 5) is 17.7. The molecule has 3 aromatic rings. The minimum atomic E-state index is -3.24. The van der Waals surface area contributed by atoms with Gasteiger partial charge in [-0.25, -0.2) is 18.1 Å². The van der Waals surface area contributed by atoms with Crippen molar-refractivity contribution in [1.29, 1.82) is 0 Å². The van der Waals surface area contributed by atoms with Crippen LogP contribution in [-0.2, 0) is 10.0 Å². The lowest BCUT2D eigenvalue weighted by Gasteiger charge is -2.13. The lowest BCUT2D eigenvalue weighted by atomic mass is 10.2. The second kappa shape index (κ2) is 8.24. The molecule has 0 radical (unpaired) electrons. The number of thioether (sulfide) groups is 1. The first-order chi connectivity index (χ1) is 12.9. The monoisotopic (exact) mass is 403 g/mol. The molecule has 6 nitrogen and oxygen atoms in total. The Kier molecular flexibility index (Phi) is 5.98. The Bertz CT molecular complexity index is 1110. The average molecular weight is 404 g/mol. The van der Waals surface area contributed by atoms with E-state index < -0.39 is 10.0 Å². The van der Waals surface area contributed by atoms with E-state index in [4.69, 9.17) is 0 Å². The van der Waals surface area contributed by atoms with Crippen LogP contribution < -0.4 is 10.3 Å². The smallest absolute Gasteiger partial charge is 0.266 e. The third-order valence-corrected chi connectivity index (χ3v) is 6.42. The van der Waals surface area contributed by atoms with E-state index in [-0.39, 0.29) is 17.9 Å². The van der Waals surface area contributed by atoms with Crippen molar-refractivity contribution in [2.24, 2.45) is 0 Å². The highest BCUT2D eigenvalue weighted by Crippen LogP contribution is 2.21. The van der Waals surface area contributed by atoms with Crippen LogP contribution in [-0.4, -0.2) is 36.0 Å². The molecular formula is C19H21N3O3S2.